The minimum atomic E-state index is -2.19. The molecule has 7 nitrogen and oxygen atoms in total. The van der Waals surface area contributed by atoms with Crippen molar-refractivity contribution in [2.75, 3.05) is 20.1 Å². The van der Waals surface area contributed by atoms with Crippen LogP contribution >= 0.6 is 0 Å². The number of nitrogens with zero attached hydrogens (tertiary/aromatic N) is 1. The Balaban J connectivity index is 1.62. The fraction of sp³-hybridized carbons (Fsp3) is 0.667. The lowest BCUT2D eigenvalue weighted by Gasteiger charge is -2.60. The Morgan fingerprint density at radius 2 is 2.07 bits per heavy atom. The molecule has 6 rings (SSSR count). The van der Waals surface area contributed by atoms with Gasteiger partial charge in [0.05, 0.1) is 25.6 Å². The Morgan fingerprint density at radius 3 is 2.75 bits per heavy atom. The van der Waals surface area contributed by atoms with Gasteiger partial charge in [0, 0.05) is 30.7 Å². The SMILES string of the molecule is C[N+]1(CC2CC2)CCC23c4c5ccc(O)c4O[C@H]2[C@](O)(C(=O)O)C[C@@]3(O)[C@H]1C5. The molecule has 2 unspecified atom stereocenters. The van der Waals surface area contributed by atoms with Crippen LogP contribution in [0.3, 0.4) is 0 Å². The highest BCUT2D eigenvalue weighted by atomic mass is 16.5. The summed E-state index contributed by atoms with van der Waals surface area (Å²) >= 11 is 0. The second kappa shape index (κ2) is 4.66. The normalized spacial score (nSPS) is 47.5. The molecule has 0 aromatic heterocycles. The topological polar surface area (TPSA) is 107 Å². The van der Waals surface area contributed by atoms with Crippen molar-refractivity contribution in [1.29, 1.82) is 0 Å². The molecule has 4 N–H and O–H groups in total. The van der Waals surface area contributed by atoms with Gasteiger partial charge in [-0.1, -0.05) is 6.07 Å². The molecule has 3 aliphatic carbocycles. The molecule has 1 saturated heterocycles. The van der Waals surface area contributed by atoms with Crippen molar-refractivity contribution in [3.8, 4) is 11.5 Å². The van der Waals surface area contributed by atoms with Crippen molar-refractivity contribution < 1.29 is 34.4 Å². The first-order chi connectivity index (χ1) is 13.2. The summed E-state index contributed by atoms with van der Waals surface area (Å²) in [5.41, 5.74) is -2.84. The highest BCUT2D eigenvalue weighted by Crippen LogP contribution is 2.70. The van der Waals surface area contributed by atoms with Gasteiger partial charge in [0.1, 0.15) is 11.6 Å². The zero-order valence-corrected chi connectivity index (χ0v) is 15.9. The number of likely N-dealkylation sites (tertiary alicyclic amines) is 1. The highest BCUT2D eigenvalue weighted by molar-refractivity contribution is 5.82. The van der Waals surface area contributed by atoms with E-state index in [1.54, 1.807) is 6.07 Å². The van der Waals surface area contributed by atoms with E-state index in [1.165, 1.54) is 12.8 Å². The molecule has 2 heterocycles. The van der Waals surface area contributed by atoms with Crippen molar-refractivity contribution in [3.05, 3.63) is 23.3 Å². The number of phenols is 1. The van der Waals surface area contributed by atoms with Crippen molar-refractivity contribution in [2.45, 2.75) is 60.9 Å². The van der Waals surface area contributed by atoms with E-state index in [-0.39, 0.29) is 24.0 Å². The summed E-state index contributed by atoms with van der Waals surface area (Å²) in [6.07, 6.45) is 2.22. The summed E-state index contributed by atoms with van der Waals surface area (Å²) in [6, 6.07) is 3.25. The predicted molar refractivity (Wildman–Crippen MR) is 97.1 cm³/mol. The van der Waals surface area contributed by atoms with E-state index in [4.69, 9.17) is 4.74 Å². The number of aromatic hydroxyl groups is 1. The lowest BCUT2D eigenvalue weighted by molar-refractivity contribution is -0.950. The molecule has 1 spiro atoms. The Hall–Kier alpha value is -1.83. The van der Waals surface area contributed by atoms with Gasteiger partial charge in [-0.15, -0.1) is 0 Å². The summed E-state index contributed by atoms with van der Waals surface area (Å²) in [5, 5.41) is 43.7. The number of aliphatic hydroxyl groups is 2. The van der Waals surface area contributed by atoms with E-state index < -0.39 is 28.7 Å². The molecule has 6 atom stereocenters. The van der Waals surface area contributed by atoms with Gasteiger partial charge in [0.25, 0.3) is 0 Å². The van der Waals surface area contributed by atoms with Gasteiger partial charge in [0.2, 0.25) is 5.60 Å². The van der Waals surface area contributed by atoms with Crippen LogP contribution < -0.4 is 4.74 Å². The van der Waals surface area contributed by atoms with Crippen molar-refractivity contribution >= 4 is 5.97 Å². The zero-order valence-electron chi connectivity index (χ0n) is 15.9. The maximum Gasteiger partial charge on any atom is 0.339 e. The first kappa shape index (κ1) is 17.1. The molecule has 3 fully saturated rings. The lowest BCUT2D eigenvalue weighted by atomic mass is 9.55. The fourth-order valence-electron chi connectivity index (χ4n) is 7.24. The van der Waals surface area contributed by atoms with Crippen molar-refractivity contribution in [1.82, 2.24) is 0 Å². The number of hydrogen-bond acceptors (Lipinski definition) is 5. The van der Waals surface area contributed by atoms with Crippen LogP contribution in [0, 0.1) is 5.92 Å². The van der Waals surface area contributed by atoms with Crippen LogP contribution in [0.5, 0.6) is 11.5 Å². The quantitative estimate of drug-likeness (QED) is 0.563. The monoisotopic (exact) mass is 388 g/mol. The maximum atomic E-state index is 12.2. The van der Waals surface area contributed by atoms with E-state index in [0.717, 1.165) is 24.2 Å². The Morgan fingerprint density at radius 1 is 1.32 bits per heavy atom. The Labute approximate surface area is 162 Å². The van der Waals surface area contributed by atoms with Gasteiger partial charge in [-0.2, -0.15) is 0 Å². The number of rotatable bonds is 3. The van der Waals surface area contributed by atoms with E-state index in [9.17, 15) is 25.2 Å². The van der Waals surface area contributed by atoms with Crippen LogP contribution in [-0.2, 0) is 16.6 Å². The number of carboxylic acids is 1. The molecule has 2 bridgehead atoms. The molecule has 1 aromatic rings. The number of likely N-dealkylation sites (N-methyl/N-ethyl adjacent to an activating group) is 1. The summed E-state index contributed by atoms with van der Waals surface area (Å²) in [7, 11) is 2.17. The summed E-state index contributed by atoms with van der Waals surface area (Å²) in [6.45, 7) is 1.77. The predicted octanol–water partition coefficient (Wildman–Crippen LogP) is 0.526. The third-order valence-corrected chi connectivity index (χ3v) is 8.57. The molecule has 5 aliphatic rings. The third-order valence-electron chi connectivity index (χ3n) is 8.57. The van der Waals surface area contributed by atoms with E-state index in [0.29, 0.717) is 23.2 Å². The van der Waals surface area contributed by atoms with Gasteiger partial charge in [-0.25, -0.2) is 4.79 Å². The largest absolute Gasteiger partial charge is 0.504 e. The molecule has 7 heteroatoms. The lowest BCUT2D eigenvalue weighted by Crippen LogP contribution is -2.76. The van der Waals surface area contributed by atoms with Crippen LogP contribution in [0.2, 0.25) is 0 Å². The zero-order chi connectivity index (χ0) is 19.7. The Bertz CT molecular complexity index is 930. The second-order valence-corrected chi connectivity index (χ2v) is 10.0. The number of benzene rings is 1. The number of phenolic OH excluding ortho intramolecular Hbond substituents is 1. The second-order valence-electron chi connectivity index (χ2n) is 10.0. The molecule has 1 aromatic carbocycles. The molecule has 2 saturated carbocycles. The minimum absolute atomic E-state index is 0.0585. The molecule has 0 amide bonds. The van der Waals surface area contributed by atoms with E-state index in [2.05, 4.69) is 7.05 Å². The third kappa shape index (κ3) is 1.63. The van der Waals surface area contributed by atoms with Crippen LogP contribution in [0.15, 0.2) is 12.1 Å². The van der Waals surface area contributed by atoms with Gasteiger partial charge >= 0.3 is 5.97 Å². The number of piperidine rings is 1. The van der Waals surface area contributed by atoms with Crippen LogP contribution in [-0.4, -0.2) is 74.4 Å². The van der Waals surface area contributed by atoms with E-state index in [1.807, 2.05) is 6.07 Å². The van der Waals surface area contributed by atoms with Gasteiger partial charge in [0.15, 0.2) is 17.6 Å². The average Bonchev–Trinajstić information content (AvgIpc) is 3.29. The van der Waals surface area contributed by atoms with Crippen LogP contribution in [0.25, 0.3) is 0 Å². The summed E-state index contributed by atoms with van der Waals surface area (Å²) in [4.78, 5) is 12.1. The number of quaternary nitrogens is 1. The molecular weight excluding hydrogens is 362 g/mol. The van der Waals surface area contributed by atoms with Crippen LogP contribution in [0.4, 0.5) is 0 Å². The standard InChI is InChI=1S/C21H25NO6/c1-22(9-11-2-3-11)7-6-19-15-12-4-5-13(23)16(15)28-17(19)20(26,18(24)25)10-21(19,27)14(22)8-12/h4-5,11,14,17,26-27H,2-3,6-10H2,1H3,(H-,23,24,25)/p+1/t14-,17-,19?,20+,21-,22?/m1/s1. The van der Waals surface area contributed by atoms with Crippen molar-refractivity contribution in [3.63, 3.8) is 0 Å². The fourth-order valence-corrected chi connectivity index (χ4v) is 7.24. The number of aliphatic carboxylic acids is 1. The van der Waals surface area contributed by atoms with Crippen LogP contribution in [0.1, 0.15) is 36.8 Å². The maximum absolute atomic E-state index is 12.2. The molecule has 2 aliphatic heterocycles. The number of hydrogen-bond donors (Lipinski definition) is 4. The smallest absolute Gasteiger partial charge is 0.339 e. The Kier molecular flexibility index (Phi) is 2.84. The van der Waals surface area contributed by atoms with Crippen molar-refractivity contribution in [2.24, 2.45) is 5.92 Å². The van der Waals surface area contributed by atoms with Gasteiger partial charge in [-0.3, -0.25) is 0 Å². The first-order valence-electron chi connectivity index (χ1n) is 10.2. The first-order valence-corrected chi connectivity index (χ1v) is 10.2. The highest BCUT2D eigenvalue weighted by Gasteiger charge is 2.84. The summed E-state index contributed by atoms with van der Waals surface area (Å²) in [5.74, 6) is -0.519. The molecule has 0 radical (unpaired) electrons. The summed E-state index contributed by atoms with van der Waals surface area (Å²) < 4.78 is 6.68. The average molecular weight is 388 g/mol. The molecule has 28 heavy (non-hydrogen) atoms. The molecule has 150 valence electrons. The number of carboxylic acid groups (broad SMARTS) is 1. The van der Waals surface area contributed by atoms with E-state index >= 15 is 0 Å². The van der Waals surface area contributed by atoms with Gasteiger partial charge in [-0.05, 0) is 24.5 Å². The number of ether oxygens (including phenoxy) is 1. The van der Waals surface area contributed by atoms with Gasteiger partial charge < -0.3 is 29.6 Å². The molecular formula is C21H26NO6+. The minimum Gasteiger partial charge on any atom is -0.504 e. The number of carbonyl (C=O) groups is 1.